The van der Waals surface area contributed by atoms with Crippen molar-refractivity contribution in [3.63, 3.8) is 0 Å². The number of benzene rings is 1. The molecule has 0 radical (unpaired) electrons. The molecule has 42 heteroatoms. The normalized spacial score (nSPS) is 23.8. The number of carbonyl (C=O) groups is 9. The third-order valence-electron chi connectivity index (χ3n) is 18.6. The molecule has 0 aliphatic carbocycles. The van der Waals surface area contributed by atoms with E-state index in [2.05, 4.69) is 37.4 Å². The molecule has 3 fully saturated rings. The van der Waals surface area contributed by atoms with Gasteiger partial charge in [-0.15, -0.1) is 0 Å². The van der Waals surface area contributed by atoms with E-state index in [1.54, 1.807) is 18.2 Å². The Bertz CT molecular complexity index is 2790. The maximum atomic E-state index is 14.1. The van der Waals surface area contributed by atoms with Crippen molar-refractivity contribution < 1.29 is 170 Å². The van der Waals surface area contributed by atoms with E-state index in [0.717, 1.165) is 0 Å². The summed E-state index contributed by atoms with van der Waals surface area (Å²) in [4.78, 5) is 117. The molecular weight excluding hydrogens is 1560 g/mol. The third-order valence-corrected chi connectivity index (χ3v) is 18.6. The van der Waals surface area contributed by atoms with Crippen molar-refractivity contribution >= 4 is 58.5 Å². The Morgan fingerprint density at radius 1 is 0.385 bits per heavy atom. The summed E-state index contributed by atoms with van der Waals surface area (Å²) in [5.41, 5.74) is 2.33. The summed E-state index contributed by atoms with van der Waals surface area (Å²) < 4.78 is 89.1. The summed E-state index contributed by atoms with van der Waals surface area (Å²) in [6.07, 6.45) is -16.9. The fraction of sp³-hybridized carbons (Fsp3) is 0.800. The van der Waals surface area contributed by atoms with Crippen LogP contribution in [0.2, 0.25) is 0 Å². The summed E-state index contributed by atoms with van der Waals surface area (Å²) in [7, 11) is 1.50. The number of rotatable bonds is 67. The molecule has 42 nitrogen and oxygen atoms in total. The molecule has 3 aliphatic rings. The van der Waals surface area contributed by atoms with Gasteiger partial charge in [-0.3, -0.25) is 53.8 Å². The minimum atomic E-state index is -1.46. The van der Waals surface area contributed by atoms with Crippen molar-refractivity contribution in [3.8, 4) is 0 Å². The number of aliphatic hydroxyl groups is 9. The second kappa shape index (κ2) is 60.3. The Morgan fingerprint density at radius 2 is 0.718 bits per heavy atom. The van der Waals surface area contributed by atoms with Gasteiger partial charge in [0.2, 0.25) is 35.4 Å². The molecule has 17 N–H and O–H groups in total. The van der Waals surface area contributed by atoms with Crippen LogP contribution in [0.1, 0.15) is 109 Å². The lowest BCUT2D eigenvalue weighted by Crippen LogP contribution is -2.64. The van der Waals surface area contributed by atoms with Gasteiger partial charge in [0.05, 0.1) is 164 Å². The van der Waals surface area contributed by atoms with Gasteiger partial charge in [-0.25, -0.2) is 0 Å². The highest BCUT2D eigenvalue weighted by Crippen LogP contribution is 2.29. The number of aliphatic hydroxyl groups excluding tert-OH is 9. The molecule has 672 valence electrons. The summed E-state index contributed by atoms with van der Waals surface area (Å²) in [5, 5.41) is 116. The van der Waals surface area contributed by atoms with E-state index in [1.807, 2.05) is 0 Å². The summed E-state index contributed by atoms with van der Waals surface area (Å²) >= 11 is 0. The molecule has 0 spiro atoms. The molecule has 0 saturated carbocycles. The minimum absolute atomic E-state index is 0.0213. The lowest BCUT2D eigenvalue weighted by atomic mass is 9.82. The van der Waals surface area contributed by atoms with E-state index in [4.69, 9.17) is 75.8 Å². The largest absolute Gasteiger partial charge is 0.394 e. The first-order valence-corrected chi connectivity index (χ1v) is 39.4. The van der Waals surface area contributed by atoms with E-state index in [0.29, 0.717) is 23.2 Å². The predicted molar refractivity (Wildman–Crippen MR) is 405 cm³/mol. The van der Waals surface area contributed by atoms with Crippen LogP contribution in [0.15, 0.2) is 18.2 Å². The van der Waals surface area contributed by atoms with Gasteiger partial charge in [-0.1, -0.05) is 6.07 Å². The fourth-order valence-electron chi connectivity index (χ4n) is 12.5. The number of ether oxygens (including phenoxy) is 16. The zero-order valence-corrected chi connectivity index (χ0v) is 67.4. The van der Waals surface area contributed by atoms with Gasteiger partial charge < -0.3 is 154 Å². The molecule has 3 saturated heterocycles. The van der Waals surface area contributed by atoms with Crippen LogP contribution in [-0.4, -0.2) is 380 Å². The minimum Gasteiger partial charge on any atom is -0.394 e. The van der Waals surface area contributed by atoms with Gasteiger partial charge in [-0.2, -0.15) is 0 Å². The first-order valence-electron chi connectivity index (χ1n) is 39.4. The van der Waals surface area contributed by atoms with E-state index in [1.165, 1.54) is 27.9 Å². The Labute approximate surface area is 680 Å². The van der Waals surface area contributed by atoms with E-state index >= 15 is 0 Å². The maximum Gasteiger partial charge on any atom is 0.220 e. The van der Waals surface area contributed by atoms with Gasteiger partial charge >= 0.3 is 0 Å². The average Bonchev–Trinajstić information content (AvgIpc) is 0.828. The smallest absolute Gasteiger partial charge is 0.220 e. The number of anilines is 1. The van der Waals surface area contributed by atoms with Crippen LogP contribution in [0.3, 0.4) is 0 Å². The van der Waals surface area contributed by atoms with Crippen molar-refractivity contribution in [2.75, 3.05) is 184 Å². The summed E-state index contributed by atoms with van der Waals surface area (Å²) in [5.74, 6) is -3.84. The number of amides is 6. The Hall–Kier alpha value is -6.19. The molecule has 15 unspecified atom stereocenters. The van der Waals surface area contributed by atoms with E-state index < -0.39 is 153 Å². The summed E-state index contributed by atoms with van der Waals surface area (Å²) in [6.45, 7) is 4.70. The fourth-order valence-corrected chi connectivity index (χ4v) is 12.5. The molecule has 4 rings (SSSR count). The van der Waals surface area contributed by atoms with Crippen LogP contribution in [0.25, 0.3) is 0 Å². The SMILES string of the molecule is COCc1cc(CC(=O)CCC(=O)CCC(=O)NC(CCC(=O)CCCOCCOCCOCCOC2OC(CO)C(O)C(O)C2NC(C)=O)(CCC(=O)NCCOCCOCCOCCOC2OC(CO)C(O)C(O)C2NC(C)=O)CCC(=O)NCCOCCOCCOCCOC2OC(CO)C(O)C(O)C2NC(C)=O)cc(NO)c1. The maximum absolute atomic E-state index is 14.1. The molecule has 1 aromatic rings. The van der Waals surface area contributed by atoms with E-state index in [-0.39, 0.29) is 253 Å². The average molecular weight is 1690 g/mol. The number of carbonyl (C=O) groups excluding carboxylic acids is 9. The first-order chi connectivity index (χ1) is 56.3. The zero-order chi connectivity index (χ0) is 85.8. The molecule has 117 heavy (non-hydrogen) atoms. The topological polar surface area (TPSA) is 588 Å². The number of Topliss-reactive ketones (excluding diaryl/α,β-unsaturated/α-hetero) is 3. The van der Waals surface area contributed by atoms with Crippen LogP contribution >= 0.6 is 0 Å². The molecule has 6 amide bonds. The quantitative estimate of drug-likeness (QED) is 0.0214. The second-order valence-electron chi connectivity index (χ2n) is 27.9. The van der Waals surface area contributed by atoms with Gasteiger partial charge in [0, 0.05) is 111 Å². The van der Waals surface area contributed by atoms with Crippen LogP contribution in [-0.2, 0) is 132 Å². The van der Waals surface area contributed by atoms with Gasteiger partial charge in [0.1, 0.15) is 90.4 Å². The molecule has 0 aromatic heterocycles. The zero-order valence-electron chi connectivity index (χ0n) is 67.4. The van der Waals surface area contributed by atoms with Crippen molar-refractivity contribution in [3.05, 3.63) is 29.3 Å². The highest BCUT2D eigenvalue weighted by atomic mass is 16.7. The summed E-state index contributed by atoms with van der Waals surface area (Å²) in [6, 6.07) is 1.68. The van der Waals surface area contributed by atoms with Gasteiger partial charge in [-0.05, 0) is 48.9 Å². The first kappa shape index (κ1) is 103. The number of hydrogen-bond acceptors (Lipinski definition) is 36. The molecule has 0 bridgehead atoms. The number of nitrogens with one attached hydrogen (secondary N) is 7. The Balaban J connectivity index is 1.31. The van der Waals surface area contributed by atoms with Crippen LogP contribution < -0.4 is 37.4 Å². The Morgan fingerprint density at radius 3 is 1.09 bits per heavy atom. The van der Waals surface area contributed by atoms with Crippen molar-refractivity contribution in [2.45, 2.75) is 208 Å². The van der Waals surface area contributed by atoms with Crippen LogP contribution in [0, 0.1) is 0 Å². The second-order valence-corrected chi connectivity index (χ2v) is 27.9. The van der Waals surface area contributed by atoms with Crippen LogP contribution in [0.5, 0.6) is 0 Å². The predicted octanol–water partition coefficient (Wildman–Crippen LogP) is -5.32. The van der Waals surface area contributed by atoms with Gasteiger partial charge in [0.25, 0.3) is 0 Å². The lowest BCUT2D eigenvalue weighted by Gasteiger charge is -2.42. The third kappa shape index (κ3) is 42.2. The number of hydrogen-bond donors (Lipinski definition) is 17. The molecule has 1 aromatic carbocycles. The number of methoxy groups -OCH3 is 1. The van der Waals surface area contributed by atoms with Gasteiger partial charge in [0.15, 0.2) is 18.9 Å². The number of ketones is 3. The highest BCUT2D eigenvalue weighted by molar-refractivity contribution is 5.90. The molecule has 3 heterocycles. The molecule has 3 aliphatic heterocycles. The Kier molecular flexibility index (Phi) is 53.2. The standard InChI is InChI=1S/C75H127N7O35/c1-48(86)78-63-69(98)66(95)57(44-83)115-72(63)112-37-34-109-31-28-106-25-22-103-19-5-6-54(89)11-14-75(81-62(94)10-9-55(90)7-8-56(91)43-51-40-52(47-102-4)42-53(41-51)82-101,15-12-60(92)76-17-20-104-23-26-107-29-32-110-35-38-113-73-64(79-49(2)87)70(99)67(96)58(45-84)116-73)16-13-61(93)77-18-21-105-24-27-108-30-33-111-36-39-114-74-65(80-50(3)88)71(100)68(97)59(46-85)117-74/h40-42,57-59,63-74,82-85,95-101H,5-39,43-47H2,1-4H3,(H,76,92)(H,77,93)(H,78,86)(H,79,87)(H,80,88)(H,81,94). The lowest BCUT2D eigenvalue weighted by molar-refractivity contribution is -0.272. The highest BCUT2D eigenvalue weighted by Gasteiger charge is 2.48. The van der Waals surface area contributed by atoms with Crippen LogP contribution in [0.4, 0.5) is 5.69 Å². The van der Waals surface area contributed by atoms with E-state index in [9.17, 15) is 94.3 Å². The van der Waals surface area contributed by atoms with Crippen molar-refractivity contribution in [1.82, 2.24) is 31.9 Å². The molecular formula is C75H127N7O35. The van der Waals surface area contributed by atoms with Crippen molar-refractivity contribution in [1.29, 1.82) is 0 Å². The van der Waals surface area contributed by atoms with Crippen molar-refractivity contribution in [2.24, 2.45) is 0 Å². The molecule has 15 atom stereocenters. The monoisotopic (exact) mass is 1690 g/mol.